The van der Waals surface area contributed by atoms with Gasteiger partial charge in [0.25, 0.3) is 0 Å². The maximum atomic E-state index is 13.7. The zero-order valence-electron chi connectivity index (χ0n) is 34.9. The molecule has 2 rings (SSSR count). The van der Waals surface area contributed by atoms with Gasteiger partial charge in [-0.1, -0.05) is 121 Å². The third kappa shape index (κ3) is 20.5. The van der Waals surface area contributed by atoms with Gasteiger partial charge >= 0.3 is 5.97 Å². The summed E-state index contributed by atoms with van der Waals surface area (Å²) in [6.07, 6.45) is 11.7. The van der Waals surface area contributed by atoms with Crippen LogP contribution in [0.4, 0.5) is 8.78 Å². The molecule has 1 unspecified atom stereocenters. The Bertz CT molecular complexity index is 1700. The minimum absolute atomic E-state index is 0.0351. The van der Waals surface area contributed by atoms with E-state index in [1.54, 1.807) is 30.3 Å². The molecule has 0 spiro atoms. The number of benzene rings is 2. The molecule has 0 aliphatic carbocycles. The quantitative estimate of drug-likeness (QED) is 0.0527. The van der Waals surface area contributed by atoms with E-state index in [1.165, 1.54) is 6.07 Å². The van der Waals surface area contributed by atoms with Gasteiger partial charge in [0, 0.05) is 25.7 Å². The Kier molecular flexibility index (Phi) is 23.8. The van der Waals surface area contributed by atoms with Crippen LogP contribution in [0.15, 0.2) is 48.5 Å². The van der Waals surface area contributed by atoms with E-state index in [4.69, 9.17) is 11.5 Å². The fourth-order valence-corrected chi connectivity index (χ4v) is 6.67. The Morgan fingerprint density at radius 2 is 1.10 bits per heavy atom. The monoisotopic (exact) mass is 842 g/mol. The van der Waals surface area contributed by atoms with Gasteiger partial charge in [-0.05, 0) is 42.0 Å². The summed E-state index contributed by atoms with van der Waals surface area (Å²) in [6, 6.07) is 7.37. The number of nitrogens with one attached hydrogen (secondary N) is 4. The number of primary amides is 2. The van der Waals surface area contributed by atoms with Crippen molar-refractivity contribution in [2.45, 2.75) is 154 Å². The molecule has 332 valence electrons. The van der Waals surface area contributed by atoms with E-state index in [0.717, 1.165) is 76.3 Å². The molecular formula is C44H64F2N6O8. The fraction of sp³-hybridized carbons (Fsp3) is 0.568. The molecule has 0 aliphatic heterocycles. The molecule has 0 aromatic heterocycles. The van der Waals surface area contributed by atoms with Crippen LogP contribution >= 0.6 is 0 Å². The summed E-state index contributed by atoms with van der Waals surface area (Å²) >= 11 is 0. The lowest BCUT2D eigenvalue weighted by molar-refractivity contribution is -0.142. The Morgan fingerprint density at radius 1 is 0.600 bits per heavy atom. The van der Waals surface area contributed by atoms with E-state index in [9.17, 15) is 47.4 Å². The summed E-state index contributed by atoms with van der Waals surface area (Å²) in [4.78, 5) is 86.8. The summed E-state index contributed by atoms with van der Waals surface area (Å²) < 4.78 is 27.0. The molecule has 0 saturated heterocycles. The lowest BCUT2D eigenvalue weighted by atomic mass is 9.97. The number of rotatable bonds is 31. The fourth-order valence-electron chi connectivity index (χ4n) is 6.67. The zero-order chi connectivity index (χ0) is 44.5. The minimum Gasteiger partial charge on any atom is -0.480 e. The highest BCUT2D eigenvalue weighted by Gasteiger charge is 2.30. The van der Waals surface area contributed by atoms with Crippen LogP contribution in [0, 0.1) is 17.6 Å². The molecular weight excluding hydrogens is 779 g/mol. The van der Waals surface area contributed by atoms with Gasteiger partial charge in [0.1, 0.15) is 24.2 Å². The van der Waals surface area contributed by atoms with Gasteiger partial charge in [-0.2, -0.15) is 0 Å². The van der Waals surface area contributed by atoms with Crippen molar-refractivity contribution in [1.82, 2.24) is 21.3 Å². The summed E-state index contributed by atoms with van der Waals surface area (Å²) in [5, 5.41) is 19.9. The second kappa shape index (κ2) is 28.1. The number of carbonyl (C=O) groups is 7. The van der Waals surface area contributed by atoms with Crippen LogP contribution in [0.25, 0.3) is 0 Å². The van der Waals surface area contributed by atoms with Gasteiger partial charge < -0.3 is 37.8 Å². The highest BCUT2D eigenvalue weighted by atomic mass is 19.2. The normalized spacial score (nSPS) is 13.5. The third-order valence-corrected chi connectivity index (χ3v) is 10.4. The van der Waals surface area contributed by atoms with E-state index >= 15 is 0 Å². The highest BCUT2D eigenvalue weighted by Crippen LogP contribution is 2.16. The van der Waals surface area contributed by atoms with Crippen LogP contribution in [0.2, 0.25) is 0 Å². The molecule has 2 aromatic carbocycles. The zero-order valence-corrected chi connectivity index (χ0v) is 34.9. The summed E-state index contributed by atoms with van der Waals surface area (Å²) in [5.74, 6) is -7.27. The van der Waals surface area contributed by atoms with Crippen molar-refractivity contribution >= 4 is 41.4 Å². The summed E-state index contributed by atoms with van der Waals surface area (Å²) in [5.41, 5.74) is 11.8. The lowest BCUT2D eigenvalue weighted by Crippen LogP contribution is -2.55. The van der Waals surface area contributed by atoms with E-state index in [-0.39, 0.29) is 43.1 Å². The molecule has 0 radical (unpaired) electrons. The molecule has 0 saturated carbocycles. The van der Waals surface area contributed by atoms with Crippen molar-refractivity contribution in [2.75, 3.05) is 0 Å². The average molecular weight is 843 g/mol. The second-order valence-corrected chi connectivity index (χ2v) is 15.5. The van der Waals surface area contributed by atoms with Crippen molar-refractivity contribution in [3.05, 3.63) is 71.3 Å². The number of carboxylic acid groups (broad SMARTS) is 1. The van der Waals surface area contributed by atoms with Gasteiger partial charge in [0.05, 0.1) is 6.42 Å². The largest absolute Gasteiger partial charge is 0.480 e. The molecule has 2 aromatic rings. The van der Waals surface area contributed by atoms with Crippen LogP contribution in [0.5, 0.6) is 0 Å². The molecule has 0 fully saturated rings. The van der Waals surface area contributed by atoms with Crippen molar-refractivity contribution in [1.29, 1.82) is 0 Å². The van der Waals surface area contributed by atoms with E-state index in [1.807, 2.05) is 13.8 Å². The number of carbonyl (C=O) groups excluding carboxylic acids is 6. The van der Waals surface area contributed by atoms with Crippen LogP contribution in [-0.4, -0.2) is 70.7 Å². The first kappa shape index (κ1) is 50.7. The molecule has 9 N–H and O–H groups in total. The van der Waals surface area contributed by atoms with Crippen molar-refractivity contribution in [3.63, 3.8) is 0 Å². The van der Waals surface area contributed by atoms with E-state index in [0.29, 0.717) is 24.8 Å². The first-order valence-corrected chi connectivity index (χ1v) is 21.1. The molecule has 14 nitrogen and oxygen atoms in total. The first-order chi connectivity index (χ1) is 28.6. The van der Waals surface area contributed by atoms with E-state index < -0.39 is 77.7 Å². The summed E-state index contributed by atoms with van der Waals surface area (Å²) in [7, 11) is 0. The summed E-state index contributed by atoms with van der Waals surface area (Å²) in [6.45, 7) is 3.69. The molecule has 0 heterocycles. The standard InChI is InChI=1S/C44H64F2N6O8/c1-3-29(2)40(43(58)50-34(41(48)56)27-31-23-24-32(45)33(46)25-31)52-39(55)22-18-13-11-9-7-5-4-6-8-10-12-17-21-38(54)49-35(28-37(47)53)42(57)51-36(44(59)60)26-30-19-15-14-16-20-30/h14-16,19-20,23-25,29,34-36,40H,3-13,17-18,21-22,26-28H2,1-2H3,(H2,47,53)(H2,48,56)(H,49,54)(H,50,58)(H,51,57)(H,52,55)(H,59,60)/t29?,34-,35-,36-,40-/m0/s1. The Hall–Kier alpha value is -5.41. The van der Waals surface area contributed by atoms with E-state index in [2.05, 4.69) is 21.3 Å². The average Bonchev–Trinajstić information content (AvgIpc) is 3.20. The second-order valence-electron chi connectivity index (χ2n) is 15.5. The number of nitrogens with two attached hydrogens (primary N) is 2. The number of unbranched alkanes of at least 4 members (excludes halogenated alkanes) is 11. The Morgan fingerprint density at radius 3 is 1.58 bits per heavy atom. The molecule has 0 aliphatic rings. The number of hydrogen-bond donors (Lipinski definition) is 7. The molecule has 5 atom stereocenters. The van der Waals surface area contributed by atoms with Gasteiger partial charge in [-0.3, -0.25) is 28.8 Å². The van der Waals surface area contributed by atoms with Crippen molar-refractivity contribution in [3.8, 4) is 0 Å². The molecule has 6 amide bonds. The van der Waals surface area contributed by atoms with Gasteiger partial charge in [0.15, 0.2) is 11.6 Å². The first-order valence-electron chi connectivity index (χ1n) is 21.1. The SMILES string of the molecule is CCC(C)[C@H](NC(=O)CCCCCCCCCCCCCCC(=O)N[C@@H](CC(N)=O)C(=O)N[C@@H](Cc1ccccc1)C(=O)O)C(=O)N[C@@H](Cc1ccc(F)c(F)c1)C(N)=O. The van der Waals surface area contributed by atoms with Crippen LogP contribution in [0.1, 0.15) is 128 Å². The third-order valence-electron chi connectivity index (χ3n) is 10.4. The maximum absolute atomic E-state index is 13.7. The topological polar surface area (TPSA) is 240 Å². The van der Waals surface area contributed by atoms with Gasteiger partial charge in [0.2, 0.25) is 35.4 Å². The van der Waals surface area contributed by atoms with Crippen LogP contribution < -0.4 is 32.7 Å². The number of hydrogen-bond acceptors (Lipinski definition) is 7. The van der Waals surface area contributed by atoms with Crippen molar-refractivity contribution in [2.24, 2.45) is 17.4 Å². The molecule has 0 bridgehead atoms. The smallest absolute Gasteiger partial charge is 0.326 e. The Labute approximate surface area is 351 Å². The number of carboxylic acids is 1. The van der Waals surface area contributed by atoms with Gasteiger partial charge in [-0.15, -0.1) is 0 Å². The number of amides is 6. The van der Waals surface area contributed by atoms with Gasteiger partial charge in [-0.25, -0.2) is 13.6 Å². The van der Waals surface area contributed by atoms with Crippen LogP contribution in [0.3, 0.4) is 0 Å². The number of aliphatic carboxylic acids is 1. The predicted octanol–water partition coefficient (Wildman–Crippen LogP) is 4.64. The van der Waals surface area contributed by atoms with Crippen molar-refractivity contribution < 1.29 is 47.4 Å². The predicted molar refractivity (Wildman–Crippen MR) is 223 cm³/mol. The molecule has 60 heavy (non-hydrogen) atoms. The number of halogens is 2. The maximum Gasteiger partial charge on any atom is 0.326 e. The highest BCUT2D eigenvalue weighted by molar-refractivity contribution is 5.94. The molecule has 16 heteroatoms. The van der Waals surface area contributed by atoms with Crippen LogP contribution in [-0.2, 0) is 46.4 Å². The minimum atomic E-state index is -1.27. The lowest BCUT2D eigenvalue weighted by Gasteiger charge is -2.26. The Balaban J connectivity index is 1.58.